The predicted molar refractivity (Wildman–Crippen MR) is 60.7 cm³/mol. The lowest BCUT2D eigenvalue weighted by Crippen LogP contribution is -2.29. The first-order chi connectivity index (χ1) is 8.29. The summed E-state index contributed by atoms with van der Waals surface area (Å²) in [6.07, 6.45) is -1.11. The van der Waals surface area contributed by atoms with Crippen LogP contribution in [0.2, 0.25) is 0 Å². The number of benzene rings is 1. The minimum absolute atomic E-state index is 0.183. The minimum atomic E-state index is -0.641. The van der Waals surface area contributed by atoms with Gasteiger partial charge in [0.2, 0.25) is 0 Å². The zero-order chi connectivity index (χ0) is 12.1. The molecule has 0 radical (unpaired) electrons. The lowest BCUT2D eigenvalue weighted by Gasteiger charge is -2.13. The van der Waals surface area contributed by atoms with Gasteiger partial charge in [0.05, 0.1) is 19.3 Å². The van der Waals surface area contributed by atoms with Gasteiger partial charge in [-0.1, -0.05) is 30.3 Å². The second-order valence-electron chi connectivity index (χ2n) is 4.04. The van der Waals surface area contributed by atoms with Crippen LogP contribution in [0.25, 0.3) is 0 Å². The Bertz CT molecular complexity index is 333. The highest BCUT2D eigenvalue weighted by Crippen LogP contribution is 2.18. The first-order valence-corrected chi connectivity index (χ1v) is 5.65. The number of rotatable bonds is 5. The van der Waals surface area contributed by atoms with E-state index in [1.54, 1.807) is 0 Å². The van der Waals surface area contributed by atoms with Gasteiger partial charge < -0.3 is 14.9 Å². The molecule has 94 valence electrons. The van der Waals surface area contributed by atoms with Crippen molar-refractivity contribution in [2.75, 3.05) is 6.61 Å². The van der Waals surface area contributed by atoms with Crippen molar-refractivity contribution in [3.8, 4) is 0 Å². The van der Waals surface area contributed by atoms with Crippen molar-refractivity contribution in [3.05, 3.63) is 35.9 Å². The molecule has 17 heavy (non-hydrogen) atoms. The van der Waals surface area contributed by atoms with E-state index in [2.05, 4.69) is 5.48 Å². The molecule has 1 fully saturated rings. The Balaban J connectivity index is 1.70. The van der Waals surface area contributed by atoms with Crippen molar-refractivity contribution in [1.29, 1.82) is 0 Å². The molecule has 0 aromatic heterocycles. The largest absolute Gasteiger partial charge is 0.394 e. The number of aliphatic hydroxyl groups is 2. The zero-order valence-corrected chi connectivity index (χ0v) is 9.45. The van der Waals surface area contributed by atoms with Crippen LogP contribution in [0.4, 0.5) is 0 Å². The molecular weight excluding hydrogens is 222 g/mol. The molecule has 3 atom stereocenters. The summed E-state index contributed by atoms with van der Waals surface area (Å²) in [5.41, 5.74) is 3.78. The maximum absolute atomic E-state index is 9.50. The van der Waals surface area contributed by atoms with Crippen molar-refractivity contribution in [2.24, 2.45) is 0 Å². The van der Waals surface area contributed by atoms with E-state index in [9.17, 15) is 5.11 Å². The maximum Gasteiger partial charge on any atom is 0.133 e. The number of ether oxygens (including phenoxy) is 1. The van der Waals surface area contributed by atoms with Crippen LogP contribution in [0.5, 0.6) is 0 Å². The van der Waals surface area contributed by atoms with E-state index in [0.29, 0.717) is 13.0 Å². The zero-order valence-electron chi connectivity index (χ0n) is 9.45. The minimum Gasteiger partial charge on any atom is -0.394 e. The van der Waals surface area contributed by atoms with E-state index >= 15 is 0 Å². The van der Waals surface area contributed by atoms with Crippen LogP contribution in [0, 0.1) is 0 Å². The van der Waals surface area contributed by atoms with Crippen molar-refractivity contribution >= 4 is 0 Å². The molecule has 1 aromatic rings. The molecule has 0 bridgehead atoms. The topological polar surface area (TPSA) is 71.0 Å². The third-order valence-corrected chi connectivity index (χ3v) is 2.70. The highest BCUT2D eigenvalue weighted by Gasteiger charge is 2.33. The molecule has 1 unspecified atom stereocenters. The molecule has 0 amide bonds. The summed E-state index contributed by atoms with van der Waals surface area (Å²) in [5, 5.41) is 18.4. The van der Waals surface area contributed by atoms with Gasteiger partial charge in [-0.15, -0.1) is 0 Å². The summed E-state index contributed by atoms with van der Waals surface area (Å²) in [5.74, 6) is 0. The summed E-state index contributed by atoms with van der Waals surface area (Å²) >= 11 is 0. The smallest absolute Gasteiger partial charge is 0.133 e. The second-order valence-corrected chi connectivity index (χ2v) is 4.04. The van der Waals surface area contributed by atoms with Gasteiger partial charge >= 0.3 is 0 Å². The standard InChI is InChI=1S/C12H17NO4/c14-7-11-10(15)6-12(17-11)13-16-8-9-4-2-1-3-5-9/h1-5,10-15H,6-8H2/t10-,11+,12?/m0/s1. The summed E-state index contributed by atoms with van der Waals surface area (Å²) in [4.78, 5) is 5.28. The number of hydrogen-bond acceptors (Lipinski definition) is 5. The molecular formula is C12H17NO4. The fraction of sp³-hybridized carbons (Fsp3) is 0.500. The maximum atomic E-state index is 9.50. The fourth-order valence-corrected chi connectivity index (χ4v) is 1.76. The molecule has 2 rings (SSSR count). The monoisotopic (exact) mass is 239 g/mol. The lowest BCUT2D eigenvalue weighted by atomic mass is 10.2. The van der Waals surface area contributed by atoms with Gasteiger partial charge in [0.15, 0.2) is 0 Å². The number of nitrogens with one attached hydrogen (secondary N) is 1. The Morgan fingerprint density at radius 3 is 2.76 bits per heavy atom. The van der Waals surface area contributed by atoms with Gasteiger partial charge in [0, 0.05) is 6.42 Å². The highest BCUT2D eigenvalue weighted by molar-refractivity contribution is 5.13. The van der Waals surface area contributed by atoms with Gasteiger partial charge in [-0.05, 0) is 5.56 Å². The number of hydroxylamine groups is 1. The molecule has 1 heterocycles. The highest BCUT2D eigenvalue weighted by atomic mass is 16.7. The number of aliphatic hydroxyl groups excluding tert-OH is 2. The molecule has 0 saturated carbocycles. The van der Waals surface area contributed by atoms with Crippen LogP contribution in [0.3, 0.4) is 0 Å². The first kappa shape index (κ1) is 12.5. The molecule has 1 aromatic carbocycles. The second kappa shape index (κ2) is 6.09. The van der Waals surface area contributed by atoms with Crippen LogP contribution < -0.4 is 5.48 Å². The van der Waals surface area contributed by atoms with Gasteiger partial charge in [0.25, 0.3) is 0 Å². The van der Waals surface area contributed by atoms with Crippen LogP contribution in [-0.4, -0.2) is 35.3 Å². The van der Waals surface area contributed by atoms with Gasteiger partial charge in [-0.2, -0.15) is 5.48 Å². The summed E-state index contributed by atoms with van der Waals surface area (Å²) < 4.78 is 5.32. The predicted octanol–water partition coefficient (Wildman–Crippen LogP) is 0.176. The Morgan fingerprint density at radius 2 is 2.12 bits per heavy atom. The average Bonchev–Trinajstić information content (AvgIpc) is 2.71. The molecule has 3 N–H and O–H groups in total. The SMILES string of the molecule is OC[C@H]1OC(NOCc2ccccc2)C[C@@H]1O. The van der Waals surface area contributed by atoms with Crippen LogP contribution >= 0.6 is 0 Å². The molecule has 5 heteroatoms. The average molecular weight is 239 g/mol. The normalized spacial score (nSPS) is 28.5. The van der Waals surface area contributed by atoms with Gasteiger partial charge in [-0.25, -0.2) is 0 Å². The number of hydrogen-bond donors (Lipinski definition) is 3. The lowest BCUT2D eigenvalue weighted by molar-refractivity contribution is -0.104. The van der Waals surface area contributed by atoms with Crippen LogP contribution in [0.1, 0.15) is 12.0 Å². The third kappa shape index (κ3) is 3.49. The molecule has 0 aliphatic carbocycles. The Labute approximate surface area is 99.9 Å². The summed E-state index contributed by atoms with van der Waals surface area (Å²) in [6, 6.07) is 9.75. The van der Waals surface area contributed by atoms with E-state index in [-0.39, 0.29) is 12.8 Å². The van der Waals surface area contributed by atoms with E-state index < -0.39 is 12.2 Å². The van der Waals surface area contributed by atoms with Crippen molar-refractivity contribution in [1.82, 2.24) is 5.48 Å². The quantitative estimate of drug-likeness (QED) is 0.639. The first-order valence-electron chi connectivity index (χ1n) is 5.65. The summed E-state index contributed by atoms with van der Waals surface area (Å²) in [7, 11) is 0. The third-order valence-electron chi connectivity index (χ3n) is 2.70. The van der Waals surface area contributed by atoms with E-state index in [1.807, 2.05) is 30.3 Å². The molecule has 1 saturated heterocycles. The molecule has 1 aliphatic heterocycles. The fourth-order valence-electron chi connectivity index (χ4n) is 1.76. The Kier molecular flexibility index (Phi) is 4.47. The Morgan fingerprint density at radius 1 is 1.35 bits per heavy atom. The summed E-state index contributed by atoms with van der Waals surface area (Å²) in [6.45, 7) is 0.249. The van der Waals surface area contributed by atoms with Crippen LogP contribution in [-0.2, 0) is 16.2 Å². The van der Waals surface area contributed by atoms with Gasteiger partial charge in [-0.3, -0.25) is 4.84 Å². The van der Waals surface area contributed by atoms with Crippen molar-refractivity contribution < 1.29 is 19.8 Å². The Hall–Kier alpha value is -0.980. The van der Waals surface area contributed by atoms with Gasteiger partial charge in [0.1, 0.15) is 12.3 Å². The van der Waals surface area contributed by atoms with Crippen molar-refractivity contribution in [2.45, 2.75) is 31.5 Å². The van der Waals surface area contributed by atoms with Crippen LogP contribution in [0.15, 0.2) is 30.3 Å². The van der Waals surface area contributed by atoms with E-state index in [4.69, 9.17) is 14.7 Å². The molecule has 1 aliphatic rings. The van der Waals surface area contributed by atoms with E-state index in [0.717, 1.165) is 5.56 Å². The van der Waals surface area contributed by atoms with Crippen molar-refractivity contribution in [3.63, 3.8) is 0 Å². The molecule has 0 spiro atoms. The molecule has 5 nitrogen and oxygen atoms in total. The van der Waals surface area contributed by atoms with E-state index in [1.165, 1.54) is 0 Å².